The summed E-state index contributed by atoms with van der Waals surface area (Å²) < 4.78 is 5.54. The molecule has 0 spiro atoms. The second-order valence-electron chi connectivity index (χ2n) is 3.28. The lowest BCUT2D eigenvalue weighted by Gasteiger charge is -2.06. The fourth-order valence-electron chi connectivity index (χ4n) is 1.29. The Hall–Kier alpha value is -0.680. The molecule has 0 atom stereocenters. The highest BCUT2D eigenvalue weighted by molar-refractivity contribution is 9.10. The number of rotatable bonds is 5. The summed E-state index contributed by atoms with van der Waals surface area (Å²) in [4.78, 5) is 23.3. The average molecular weight is 364 g/mol. The van der Waals surface area contributed by atoms with E-state index in [4.69, 9.17) is 4.74 Å². The largest absolute Gasteiger partial charge is 0.462 e. The predicted octanol–water partition coefficient (Wildman–Crippen LogP) is 3.59. The van der Waals surface area contributed by atoms with Gasteiger partial charge in [0.15, 0.2) is 5.78 Å². The Balaban J connectivity index is 3.02. The molecule has 0 aliphatic carbocycles. The molecule has 1 aromatic rings. The predicted molar refractivity (Wildman–Crippen MR) is 72.8 cm³/mol. The molecule has 0 aliphatic rings. The number of halogens is 2. The van der Waals surface area contributed by atoms with E-state index in [1.807, 2.05) is 0 Å². The van der Waals surface area contributed by atoms with Gasteiger partial charge in [-0.1, -0.05) is 22.0 Å². The van der Waals surface area contributed by atoms with Gasteiger partial charge in [0, 0.05) is 21.8 Å². The molecule has 17 heavy (non-hydrogen) atoms. The average Bonchev–Trinajstić information content (AvgIpc) is 2.30. The van der Waals surface area contributed by atoms with Gasteiger partial charge in [-0.05, 0) is 35.0 Å². The molecule has 0 bridgehead atoms. The van der Waals surface area contributed by atoms with Crippen LogP contribution in [0.3, 0.4) is 0 Å². The number of hydrogen-bond donors (Lipinski definition) is 0. The zero-order valence-electron chi connectivity index (χ0n) is 9.33. The fourth-order valence-corrected chi connectivity index (χ4v) is 2.06. The second-order valence-corrected chi connectivity index (χ2v) is 4.92. The maximum absolute atomic E-state index is 11.7. The Morgan fingerprint density at radius 2 is 2.06 bits per heavy atom. The second kappa shape index (κ2) is 6.91. The number of carbonyl (C=O) groups is 2. The number of benzene rings is 1. The van der Waals surface area contributed by atoms with Gasteiger partial charge in [0.25, 0.3) is 0 Å². The van der Waals surface area contributed by atoms with Crippen LogP contribution in [-0.4, -0.2) is 23.7 Å². The minimum Gasteiger partial charge on any atom is -0.462 e. The highest BCUT2D eigenvalue weighted by Crippen LogP contribution is 2.20. The maximum Gasteiger partial charge on any atom is 0.339 e. The van der Waals surface area contributed by atoms with E-state index in [0.717, 1.165) is 0 Å². The van der Waals surface area contributed by atoms with Gasteiger partial charge >= 0.3 is 5.97 Å². The Morgan fingerprint density at radius 1 is 1.35 bits per heavy atom. The normalized spacial score (nSPS) is 10.1. The lowest BCUT2D eigenvalue weighted by Crippen LogP contribution is -2.08. The zero-order valence-corrected chi connectivity index (χ0v) is 12.5. The van der Waals surface area contributed by atoms with E-state index in [1.165, 1.54) is 0 Å². The molecule has 1 aromatic carbocycles. The van der Waals surface area contributed by atoms with Crippen LogP contribution >= 0.6 is 31.9 Å². The van der Waals surface area contributed by atoms with Crippen molar-refractivity contribution in [3.63, 3.8) is 0 Å². The van der Waals surface area contributed by atoms with Crippen molar-refractivity contribution >= 4 is 43.6 Å². The van der Waals surface area contributed by atoms with Crippen molar-refractivity contribution in [3.8, 4) is 0 Å². The van der Waals surface area contributed by atoms with Gasteiger partial charge in [-0.2, -0.15) is 0 Å². The van der Waals surface area contributed by atoms with E-state index in [-0.39, 0.29) is 5.78 Å². The van der Waals surface area contributed by atoms with Crippen LogP contribution in [0, 0.1) is 0 Å². The summed E-state index contributed by atoms with van der Waals surface area (Å²) in [6.45, 7) is 2.05. The van der Waals surface area contributed by atoms with Gasteiger partial charge in [-0.25, -0.2) is 4.79 Å². The van der Waals surface area contributed by atoms with Gasteiger partial charge in [0.05, 0.1) is 12.2 Å². The topological polar surface area (TPSA) is 43.4 Å². The number of carbonyl (C=O) groups excluding carboxylic acids is 2. The molecule has 0 amide bonds. The molecule has 0 heterocycles. The van der Waals surface area contributed by atoms with Gasteiger partial charge in [0.2, 0.25) is 0 Å². The molecule has 5 heteroatoms. The van der Waals surface area contributed by atoms with E-state index in [0.29, 0.717) is 34.0 Å². The van der Waals surface area contributed by atoms with E-state index >= 15 is 0 Å². The summed E-state index contributed by atoms with van der Waals surface area (Å²) in [6.07, 6.45) is 0.407. The molecule has 3 nitrogen and oxygen atoms in total. The van der Waals surface area contributed by atoms with E-state index in [9.17, 15) is 9.59 Å². The van der Waals surface area contributed by atoms with Crippen LogP contribution in [0.5, 0.6) is 0 Å². The minimum atomic E-state index is -0.423. The molecule has 0 radical (unpaired) electrons. The monoisotopic (exact) mass is 362 g/mol. The SMILES string of the molecule is CCOC(=O)c1cc(C(=O)CCBr)ccc1Br. The number of hydrogen-bond acceptors (Lipinski definition) is 3. The lowest BCUT2D eigenvalue weighted by atomic mass is 10.1. The standard InChI is InChI=1S/C12H12Br2O3/c1-2-17-12(16)9-7-8(3-4-10(9)14)11(15)5-6-13/h3-4,7H,2,5-6H2,1H3. The van der Waals surface area contributed by atoms with E-state index in [2.05, 4.69) is 31.9 Å². The molecular weight excluding hydrogens is 352 g/mol. The summed E-state index contributed by atoms with van der Waals surface area (Å²) in [6, 6.07) is 4.94. The Morgan fingerprint density at radius 3 is 2.65 bits per heavy atom. The quantitative estimate of drug-likeness (QED) is 0.456. The van der Waals surface area contributed by atoms with Crippen molar-refractivity contribution in [2.45, 2.75) is 13.3 Å². The van der Waals surface area contributed by atoms with Crippen LogP contribution in [0.15, 0.2) is 22.7 Å². The first-order valence-electron chi connectivity index (χ1n) is 5.16. The maximum atomic E-state index is 11.7. The molecule has 0 aliphatic heterocycles. The minimum absolute atomic E-state index is 0.0000709. The first-order chi connectivity index (χ1) is 8.10. The molecule has 0 saturated heterocycles. The molecule has 92 valence electrons. The van der Waals surface area contributed by atoms with Crippen molar-refractivity contribution in [2.75, 3.05) is 11.9 Å². The van der Waals surface area contributed by atoms with Crippen LogP contribution in [0.4, 0.5) is 0 Å². The smallest absolute Gasteiger partial charge is 0.339 e. The van der Waals surface area contributed by atoms with E-state index < -0.39 is 5.97 Å². The third kappa shape index (κ3) is 3.92. The highest BCUT2D eigenvalue weighted by Gasteiger charge is 2.14. The van der Waals surface area contributed by atoms with Gasteiger partial charge in [-0.3, -0.25) is 4.79 Å². The zero-order chi connectivity index (χ0) is 12.8. The molecule has 0 fully saturated rings. The van der Waals surface area contributed by atoms with Crippen LogP contribution in [0.25, 0.3) is 0 Å². The van der Waals surface area contributed by atoms with Gasteiger partial charge in [0.1, 0.15) is 0 Å². The first-order valence-corrected chi connectivity index (χ1v) is 7.07. The van der Waals surface area contributed by atoms with Gasteiger partial charge < -0.3 is 4.74 Å². The van der Waals surface area contributed by atoms with Crippen LogP contribution in [-0.2, 0) is 4.74 Å². The molecule has 0 N–H and O–H groups in total. The Bertz CT molecular complexity index is 430. The lowest BCUT2D eigenvalue weighted by molar-refractivity contribution is 0.0525. The van der Waals surface area contributed by atoms with Crippen LogP contribution in [0.1, 0.15) is 34.1 Å². The summed E-state index contributed by atoms with van der Waals surface area (Å²) in [5, 5.41) is 0.608. The van der Waals surface area contributed by atoms with Gasteiger partial charge in [-0.15, -0.1) is 0 Å². The highest BCUT2D eigenvalue weighted by atomic mass is 79.9. The van der Waals surface area contributed by atoms with Crippen molar-refractivity contribution in [3.05, 3.63) is 33.8 Å². The van der Waals surface area contributed by atoms with Crippen molar-refractivity contribution < 1.29 is 14.3 Å². The Labute approximate surface area is 117 Å². The molecule has 1 rings (SSSR count). The van der Waals surface area contributed by atoms with Crippen molar-refractivity contribution in [1.82, 2.24) is 0 Å². The number of ether oxygens (including phenoxy) is 1. The molecule has 0 unspecified atom stereocenters. The summed E-state index contributed by atoms with van der Waals surface area (Å²) in [5.74, 6) is -0.423. The molecular formula is C12H12Br2O3. The number of esters is 1. The number of ketones is 1. The van der Waals surface area contributed by atoms with Crippen molar-refractivity contribution in [1.29, 1.82) is 0 Å². The first kappa shape index (κ1) is 14.4. The third-order valence-electron chi connectivity index (χ3n) is 2.11. The molecule has 0 saturated carbocycles. The Kier molecular flexibility index (Phi) is 5.85. The third-order valence-corrected chi connectivity index (χ3v) is 3.19. The summed E-state index contributed by atoms with van der Waals surface area (Å²) >= 11 is 6.48. The van der Waals surface area contributed by atoms with Crippen LogP contribution in [0.2, 0.25) is 0 Å². The fraction of sp³-hybridized carbons (Fsp3) is 0.333. The summed E-state index contributed by atoms with van der Waals surface area (Å²) in [5.41, 5.74) is 0.906. The number of Topliss-reactive ketones (excluding diaryl/α,β-unsaturated/α-hetero) is 1. The number of alkyl halides is 1. The van der Waals surface area contributed by atoms with E-state index in [1.54, 1.807) is 25.1 Å². The molecule has 0 aromatic heterocycles. The van der Waals surface area contributed by atoms with Crippen LogP contribution < -0.4 is 0 Å². The summed E-state index contributed by atoms with van der Waals surface area (Å²) in [7, 11) is 0. The van der Waals surface area contributed by atoms with Crippen molar-refractivity contribution in [2.24, 2.45) is 0 Å².